The van der Waals surface area contributed by atoms with Gasteiger partial charge in [0.1, 0.15) is 5.75 Å². The lowest BCUT2D eigenvalue weighted by atomic mass is 10.0. The van der Waals surface area contributed by atoms with Crippen molar-refractivity contribution in [2.24, 2.45) is 7.05 Å². The second-order valence-electron chi connectivity index (χ2n) is 5.55. The van der Waals surface area contributed by atoms with Crippen molar-refractivity contribution in [3.8, 4) is 34.2 Å². The average molecular weight is 316 g/mol. The Bertz CT molecular complexity index is 986. The van der Waals surface area contributed by atoms with Crippen molar-refractivity contribution >= 4 is 0 Å². The van der Waals surface area contributed by atoms with Crippen LogP contribution in [0.5, 0.6) is 5.75 Å². The van der Waals surface area contributed by atoms with Crippen molar-refractivity contribution in [3.05, 3.63) is 73.3 Å². The van der Waals surface area contributed by atoms with Crippen LogP contribution in [0.15, 0.2) is 73.3 Å². The Balaban J connectivity index is 1.87. The molecule has 0 fully saturated rings. The molecule has 5 heteroatoms. The highest BCUT2D eigenvalue weighted by atomic mass is 16.3. The first-order chi connectivity index (χ1) is 11.7. The van der Waals surface area contributed by atoms with Gasteiger partial charge in [-0.15, -0.1) is 0 Å². The molecule has 0 radical (unpaired) electrons. The summed E-state index contributed by atoms with van der Waals surface area (Å²) in [5, 5.41) is 10.4. The van der Waals surface area contributed by atoms with Gasteiger partial charge in [0.05, 0.1) is 5.69 Å². The number of aryl methyl sites for hydroxylation is 1. The molecule has 2 heterocycles. The van der Waals surface area contributed by atoms with E-state index in [-0.39, 0.29) is 5.75 Å². The Kier molecular flexibility index (Phi) is 3.39. The molecule has 0 aliphatic carbocycles. The third-order valence-electron chi connectivity index (χ3n) is 4.00. The molecule has 0 saturated carbocycles. The molecule has 0 spiro atoms. The fourth-order valence-electron chi connectivity index (χ4n) is 2.77. The van der Waals surface area contributed by atoms with Gasteiger partial charge in [0, 0.05) is 31.8 Å². The third kappa shape index (κ3) is 2.36. The molecule has 0 saturated heterocycles. The van der Waals surface area contributed by atoms with Crippen molar-refractivity contribution < 1.29 is 5.11 Å². The molecule has 2 aromatic heterocycles. The second-order valence-corrected chi connectivity index (χ2v) is 5.55. The summed E-state index contributed by atoms with van der Waals surface area (Å²) in [7, 11) is 1.92. The minimum absolute atomic E-state index is 0.197. The van der Waals surface area contributed by atoms with Crippen LogP contribution in [0.4, 0.5) is 0 Å². The number of hydrogen-bond acceptors (Lipinski definition) is 3. The lowest BCUT2D eigenvalue weighted by Crippen LogP contribution is -2.01. The summed E-state index contributed by atoms with van der Waals surface area (Å²) < 4.78 is 3.75. The number of rotatable bonds is 3. The molecular formula is C19H16N4O. The van der Waals surface area contributed by atoms with E-state index in [0.29, 0.717) is 11.5 Å². The quantitative estimate of drug-likeness (QED) is 0.628. The van der Waals surface area contributed by atoms with Gasteiger partial charge in [-0.1, -0.05) is 36.4 Å². The number of phenols is 1. The van der Waals surface area contributed by atoms with E-state index < -0.39 is 0 Å². The predicted octanol–water partition coefficient (Wildman–Crippen LogP) is 3.65. The molecule has 4 aromatic rings. The van der Waals surface area contributed by atoms with E-state index >= 15 is 0 Å². The zero-order chi connectivity index (χ0) is 16.5. The van der Waals surface area contributed by atoms with Gasteiger partial charge in [-0.3, -0.25) is 4.57 Å². The van der Waals surface area contributed by atoms with Gasteiger partial charge >= 0.3 is 0 Å². The van der Waals surface area contributed by atoms with Crippen molar-refractivity contribution in [1.29, 1.82) is 0 Å². The second kappa shape index (κ2) is 5.70. The number of benzene rings is 2. The van der Waals surface area contributed by atoms with E-state index in [9.17, 15) is 5.11 Å². The van der Waals surface area contributed by atoms with Crippen LogP contribution >= 0.6 is 0 Å². The topological polar surface area (TPSA) is 55.9 Å². The molecule has 0 amide bonds. The van der Waals surface area contributed by atoms with E-state index in [0.717, 1.165) is 17.0 Å². The highest BCUT2D eigenvalue weighted by molar-refractivity contribution is 5.69. The van der Waals surface area contributed by atoms with E-state index in [4.69, 9.17) is 0 Å². The Labute approximate surface area is 139 Å². The first-order valence-corrected chi connectivity index (χ1v) is 7.64. The molecule has 2 aromatic carbocycles. The number of phenolic OH excluding ortho intramolecular Hbond substituents is 1. The molecule has 0 aliphatic rings. The maximum atomic E-state index is 10.4. The maximum Gasteiger partial charge on any atom is 0.181 e. The van der Waals surface area contributed by atoms with Crippen molar-refractivity contribution in [3.63, 3.8) is 0 Å². The number of imidazole rings is 2. The normalized spacial score (nSPS) is 10.9. The molecule has 0 atom stereocenters. The van der Waals surface area contributed by atoms with Crippen LogP contribution in [0.1, 0.15) is 0 Å². The van der Waals surface area contributed by atoms with Crippen LogP contribution in [0.3, 0.4) is 0 Å². The van der Waals surface area contributed by atoms with Crippen molar-refractivity contribution in [2.45, 2.75) is 0 Å². The zero-order valence-electron chi connectivity index (χ0n) is 13.2. The number of aromatic nitrogens is 4. The van der Waals surface area contributed by atoms with Gasteiger partial charge in [0.2, 0.25) is 0 Å². The van der Waals surface area contributed by atoms with Crippen LogP contribution in [0.25, 0.3) is 28.5 Å². The summed E-state index contributed by atoms with van der Waals surface area (Å²) in [4.78, 5) is 8.76. The van der Waals surface area contributed by atoms with Gasteiger partial charge < -0.3 is 9.67 Å². The summed E-state index contributed by atoms with van der Waals surface area (Å²) in [5.41, 5.74) is 2.80. The third-order valence-corrected chi connectivity index (χ3v) is 4.00. The number of hydrogen-bond donors (Lipinski definition) is 1. The Morgan fingerprint density at radius 1 is 0.833 bits per heavy atom. The summed E-state index contributed by atoms with van der Waals surface area (Å²) in [6, 6.07) is 15.6. The zero-order valence-corrected chi connectivity index (χ0v) is 13.2. The molecule has 5 nitrogen and oxygen atoms in total. The molecular weight excluding hydrogens is 300 g/mol. The lowest BCUT2D eigenvalue weighted by molar-refractivity contribution is 0.472. The molecule has 0 unspecified atom stereocenters. The summed E-state index contributed by atoms with van der Waals surface area (Å²) in [6.45, 7) is 0. The van der Waals surface area contributed by atoms with Gasteiger partial charge in [-0.25, -0.2) is 9.97 Å². The summed E-state index contributed by atoms with van der Waals surface area (Å²) >= 11 is 0. The predicted molar refractivity (Wildman–Crippen MR) is 92.9 cm³/mol. The Morgan fingerprint density at radius 3 is 2.33 bits per heavy atom. The van der Waals surface area contributed by atoms with Crippen molar-refractivity contribution in [2.75, 3.05) is 0 Å². The van der Waals surface area contributed by atoms with Crippen molar-refractivity contribution in [1.82, 2.24) is 19.1 Å². The van der Waals surface area contributed by atoms with Gasteiger partial charge in [0.25, 0.3) is 0 Å². The first kappa shape index (κ1) is 14.3. The lowest BCUT2D eigenvalue weighted by Gasteiger charge is -2.12. The van der Waals surface area contributed by atoms with Crippen LogP contribution in [0.2, 0.25) is 0 Å². The Hall–Kier alpha value is -3.34. The fraction of sp³-hybridized carbons (Fsp3) is 0.0526. The van der Waals surface area contributed by atoms with Gasteiger partial charge in [0.15, 0.2) is 11.6 Å². The molecule has 0 aliphatic heterocycles. The van der Waals surface area contributed by atoms with E-state index in [1.165, 1.54) is 0 Å². The minimum atomic E-state index is 0.197. The maximum absolute atomic E-state index is 10.4. The standard InChI is InChI=1S/C19H16N4O/c1-22-11-9-20-18(22)19-21-10-12-23(19)16-13-15(7-8-17(16)24)14-5-3-2-4-6-14/h2-13,24H,1H3. The van der Waals surface area contributed by atoms with Crippen LogP contribution in [0, 0.1) is 0 Å². The summed E-state index contributed by atoms with van der Waals surface area (Å²) in [6.07, 6.45) is 7.13. The minimum Gasteiger partial charge on any atom is -0.506 e. The molecule has 24 heavy (non-hydrogen) atoms. The monoisotopic (exact) mass is 316 g/mol. The molecule has 4 rings (SSSR count). The highest BCUT2D eigenvalue weighted by Crippen LogP contribution is 2.31. The van der Waals surface area contributed by atoms with E-state index in [1.54, 1.807) is 18.5 Å². The SMILES string of the molecule is Cn1ccnc1-c1nccn1-c1cc(-c2ccccc2)ccc1O. The van der Waals surface area contributed by atoms with E-state index in [2.05, 4.69) is 9.97 Å². The van der Waals surface area contributed by atoms with Gasteiger partial charge in [-0.05, 0) is 23.3 Å². The molecule has 1 N–H and O–H groups in total. The van der Waals surface area contributed by atoms with Crippen LogP contribution in [-0.4, -0.2) is 24.2 Å². The molecule has 0 bridgehead atoms. The average Bonchev–Trinajstić information content (AvgIpc) is 3.24. The number of aromatic hydroxyl groups is 1. The summed E-state index contributed by atoms with van der Waals surface area (Å²) in [5.74, 6) is 1.62. The number of nitrogens with zero attached hydrogens (tertiary/aromatic N) is 4. The van der Waals surface area contributed by atoms with Crippen LogP contribution in [-0.2, 0) is 7.05 Å². The van der Waals surface area contributed by atoms with Gasteiger partial charge in [-0.2, -0.15) is 0 Å². The first-order valence-electron chi connectivity index (χ1n) is 7.64. The largest absolute Gasteiger partial charge is 0.506 e. The Morgan fingerprint density at radius 2 is 1.58 bits per heavy atom. The molecule has 118 valence electrons. The smallest absolute Gasteiger partial charge is 0.181 e. The van der Waals surface area contributed by atoms with Crippen LogP contribution < -0.4 is 0 Å². The van der Waals surface area contributed by atoms with E-state index in [1.807, 2.05) is 71.0 Å². The highest BCUT2D eigenvalue weighted by Gasteiger charge is 2.15. The fourth-order valence-corrected chi connectivity index (χ4v) is 2.77.